The summed E-state index contributed by atoms with van der Waals surface area (Å²) in [5.41, 5.74) is 5.29. The number of hydrogen-bond acceptors (Lipinski definition) is 5. The normalized spacial score (nSPS) is 12.7. The summed E-state index contributed by atoms with van der Waals surface area (Å²) in [6, 6.07) is 0. The molecule has 0 aliphatic carbocycles. The molecule has 6 nitrogen and oxygen atoms in total. The minimum atomic E-state index is -2.85. The first-order chi connectivity index (χ1) is 6.66. The SMILES string of the molecule is NCCCCCCO[P+](=O)O[P+](=O)O. The van der Waals surface area contributed by atoms with E-state index in [0.717, 1.165) is 25.7 Å². The van der Waals surface area contributed by atoms with Gasteiger partial charge in [-0.25, -0.2) is 0 Å². The van der Waals surface area contributed by atoms with Crippen LogP contribution in [0.3, 0.4) is 0 Å². The van der Waals surface area contributed by atoms with E-state index >= 15 is 0 Å². The summed E-state index contributed by atoms with van der Waals surface area (Å²) in [5, 5.41) is 0. The molecule has 0 bridgehead atoms. The van der Waals surface area contributed by atoms with Gasteiger partial charge in [-0.1, -0.05) is 12.8 Å². The van der Waals surface area contributed by atoms with Crippen LogP contribution in [0.2, 0.25) is 0 Å². The average molecular weight is 243 g/mol. The van der Waals surface area contributed by atoms with Gasteiger partial charge in [0, 0.05) is 9.13 Å². The minimum absolute atomic E-state index is 0.267. The number of unbranched alkanes of at least 4 members (excludes halogenated alkanes) is 3. The molecule has 0 amide bonds. The predicted octanol–water partition coefficient (Wildman–Crippen LogP) is 1.85. The molecule has 0 fully saturated rings. The lowest BCUT2D eigenvalue weighted by Gasteiger charge is -1.94. The number of rotatable bonds is 9. The van der Waals surface area contributed by atoms with Crippen LogP contribution >= 0.6 is 16.5 Å². The molecule has 0 spiro atoms. The molecule has 2 unspecified atom stereocenters. The maximum Gasteiger partial charge on any atom is 0.747 e. The van der Waals surface area contributed by atoms with E-state index in [1.165, 1.54) is 0 Å². The highest BCUT2D eigenvalue weighted by atomic mass is 31.2. The van der Waals surface area contributed by atoms with Crippen LogP contribution in [0.15, 0.2) is 0 Å². The first kappa shape index (κ1) is 14.0. The van der Waals surface area contributed by atoms with E-state index < -0.39 is 16.5 Å². The van der Waals surface area contributed by atoms with Gasteiger partial charge in [-0.05, 0) is 19.4 Å². The lowest BCUT2D eigenvalue weighted by molar-refractivity contribution is 0.272. The largest absolute Gasteiger partial charge is 0.747 e. The van der Waals surface area contributed by atoms with Crippen LogP contribution < -0.4 is 5.73 Å². The van der Waals surface area contributed by atoms with Crippen molar-refractivity contribution in [1.82, 2.24) is 0 Å². The van der Waals surface area contributed by atoms with Gasteiger partial charge in [0.25, 0.3) is 0 Å². The van der Waals surface area contributed by atoms with Gasteiger partial charge in [0.2, 0.25) is 0 Å². The monoisotopic (exact) mass is 243 g/mol. The lowest BCUT2D eigenvalue weighted by atomic mass is 10.2. The Morgan fingerprint density at radius 1 is 1.14 bits per heavy atom. The second kappa shape index (κ2) is 9.59. The number of hydrogen-bond donors (Lipinski definition) is 2. The van der Waals surface area contributed by atoms with Gasteiger partial charge in [-0.15, -0.1) is 9.42 Å². The van der Waals surface area contributed by atoms with Crippen LogP contribution in [0.5, 0.6) is 0 Å². The van der Waals surface area contributed by atoms with E-state index in [0.29, 0.717) is 6.54 Å². The molecule has 0 heterocycles. The summed E-state index contributed by atoms with van der Waals surface area (Å²) in [5.74, 6) is 0. The van der Waals surface area contributed by atoms with Gasteiger partial charge < -0.3 is 5.73 Å². The van der Waals surface area contributed by atoms with Gasteiger partial charge >= 0.3 is 16.5 Å². The highest BCUT2D eigenvalue weighted by Gasteiger charge is 2.36. The molecular weight excluding hydrogens is 228 g/mol. The molecule has 0 aliphatic heterocycles. The first-order valence-corrected chi connectivity index (χ1v) is 6.54. The summed E-state index contributed by atoms with van der Waals surface area (Å²) in [6.07, 6.45) is 3.65. The summed E-state index contributed by atoms with van der Waals surface area (Å²) in [7, 11) is -5.30. The van der Waals surface area contributed by atoms with Crippen LogP contribution in [0, 0.1) is 0 Å². The van der Waals surface area contributed by atoms with Crippen molar-refractivity contribution in [3.63, 3.8) is 0 Å². The van der Waals surface area contributed by atoms with Crippen LogP contribution in [0.4, 0.5) is 0 Å². The Labute approximate surface area is 84.7 Å². The summed E-state index contributed by atoms with van der Waals surface area (Å²) < 4.78 is 29.4. The van der Waals surface area contributed by atoms with Crippen molar-refractivity contribution in [1.29, 1.82) is 0 Å². The average Bonchev–Trinajstić information content (AvgIpc) is 2.10. The molecule has 0 radical (unpaired) electrons. The second-order valence-electron chi connectivity index (χ2n) is 2.58. The zero-order chi connectivity index (χ0) is 10.8. The Balaban J connectivity index is 3.19. The zero-order valence-corrected chi connectivity index (χ0v) is 9.58. The molecule has 0 rings (SSSR count). The summed E-state index contributed by atoms with van der Waals surface area (Å²) in [6.45, 7) is 0.937. The van der Waals surface area contributed by atoms with Crippen LogP contribution in [-0.2, 0) is 18.0 Å². The molecule has 0 aromatic carbocycles. The molecule has 82 valence electrons. The highest BCUT2D eigenvalue weighted by molar-refractivity contribution is 7.47. The summed E-state index contributed by atoms with van der Waals surface area (Å²) >= 11 is 0. The van der Waals surface area contributed by atoms with Crippen LogP contribution in [0.25, 0.3) is 0 Å². The van der Waals surface area contributed by atoms with Crippen molar-refractivity contribution in [3.05, 3.63) is 0 Å². The maximum atomic E-state index is 10.7. The van der Waals surface area contributed by atoms with E-state index in [4.69, 9.17) is 10.6 Å². The van der Waals surface area contributed by atoms with Gasteiger partial charge in [-0.3, -0.25) is 0 Å². The van der Waals surface area contributed by atoms with Crippen molar-refractivity contribution in [3.8, 4) is 0 Å². The Hall–Kier alpha value is 0.0400. The molecular formula is C6H15NO5P2+2. The molecule has 14 heavy (non-hydrogen) atoms. The fourth-order valence-electron chi connectivity index (χ4n) is 0.820. The van der Waals surface area contributed by atoms with Crippen LogP contribution in [-0.4, -0.2) is 18.0 Å². The summed E-state index contributed by atoms with van der Waals surface area (Å²) in [4.78, 5) is 8.20. The molecule has 0 saturated heterocycles. The van der Waals surface area contributed by atoms with Gasteiger partial charge in [-0.2, -0.15) is 0 Å². The third-order valence-electron chi connectivity index (χ3n) is 1.43. The Kier molecular flexibility index (Phi) is 9.62. The van der Waals surface area contributed by atoms with Gasteiger partial charge in [0.05, 0.1) is 0 Å². The van der Waals surface area contributed by atoms with E-state index in [2.05, 4.69) is 8.83 Å². The Morgan fingerprint density at radius 3 is 2.36 bits per heavy atom. The number of nitrogens with two attached hydrogens (primary N) is 1. The van der Waals surface area contributed by atoms with Crippen molar-refractivity contribution >= 4 is 16.5 Å². The van der Waals surface area contributed by atoms with Crippen molar-refractivity contribution in [2.24, 2.45) is 5.73 Å². The van der Waals surface area contributed by atoms with E-state index in [9.17, 15) is 9.13 Å². The molecule has 8 heteroatoms. The van der Waals surface area contributed by atoms with E-state index in [1.54, 1.807) is 0 Å². The first-order valence-electron chi connectivity index (χ1n) is 4.31. The smallest absolute Gasteiger partial charge is 0.330 e. The highest BCUT2D eigenvalue weighted by Crippen LogP contribution is 2.35. The standard InChI is InChI=1S/C6H14NO5P2/c7-5-3-1-2-4-6-11-14(10)12-13(8)9/h1-7H2/q+1/p+1. The minimum Gasteiger partial charge on any atom is -0.330 e. The third-order valence-corrected chi connectivity index (χ3v) is 2.92. The molecule has 0 aromatic rings. The molecule has 2 atom stereocenters. The quantitative estimate of drug-likeness (QED) is 0.473. The Morgan fingerprint density at radius 2 is 1.79 bits per heavy atom. The van der Waals surface area contributed by atoms with Gasteiger partial charge in [0.15, 0.2) is 4.31 Å². The fraction of sp³-hybridized carbons (Fsp3) is 1.00. The fourth-order valence-corrected chi connectivity index (χ4v) is 1.74. The molecule has 0 saturated carbocycles. The zero-order valence-electron chi connectivity index (χ0n) is 7.79. The predicted molar refractivity (Wildman–Crippen MR) is 52.0 cm³/mol. The Bertz CT molecular complexity index is 189. The van der Waals surface area contributed by atoms with Crippen molar-refractivity contribution in [2.45, 2.75) is 25.7 Å². The maximum absolute atomic E-state index is 10.7. The molecule has 0 aliphatic rings. The molecule has 0 aromatic heterocycles. The van der Waals surface area contributed by atoms with Crippen molar-refractivity contribution in [2.75, 3.05) is 13.2 Å². The van der Waals surface area contributed by atoms with E-state index in [-0.39, 0.29) is 6.61 Å². The third kappa shape index (κ3) is 10.1. The topological polar surface area (TPSA) is 98.9 Å². The van der Waals surface area contributed by atoms with Crippen molar-refractivity contribution < 1.29 is 22.9 Å². The van der Waals surface area contributed by atoms with E-state index in [1.807, 2.05) is 0 Å². The lowest BCUT2D eigenvalue weighted by Crippen LogP contribution is -1.98. The second-order valence-corrected chi connectivity index (χ2v) is 4.41. The van der Waals surface area contributed by atoms with Gasteiger partial charge in [0.1, 0.15) is 6.61 Å². The molecule has 3 N–H and O–H groups in total. The van der Waals surface area contributed by atoms with Crippen LogP contribution in [0.1, 0.15) is 25.7 Å².